The van der Waals surface area contributed by atoms with E-state index in [0.29, 0.717) is 17.5 Å². The number of unbranched alkanes of at least 4 members (excludes halogenated alkanes) is 2. The lowest BCUT2D eigenvalue weighted by molar-refractivity contribution is -0.142. The van der Waals surface area contributed by atoms with Gasteiger partial charge in [0, 0.05) is 38.2 Å². The third kappa shape index (κ3) is 9.32. The summed E-state index contributed by atoms with van der Waals surface area (Å²) in [6.45, 7) is 0.811. The van der Waals surface area contributed by atoms with Crippen LogP contribution in [-0.2, 0) is 33.8 Å². The number of carboxylic acids is 1. The van der Waals surface area contributed by atoms with Gasteiger partial charge in [-0.25, -0.2) is 9.78 Å². The van der Waals surface area contributed by atoms with Gasteiger partial charge in [0.05, 0.1) is 6.33 Å². The number of amides is 2. The summed E-state index contributed by atoms with van der Waals surface area (Å²) in [4.78, 5) is 41.6. The van der Waals surface area contributed by atoms with Crippen molar-refractivity contribution in [2.45, 2.75) is 57.2 Å². The summed E-state index contributed by atoms with van der Waals surface area (Å²) in [5, 5.41) is 34.0. The summed E-state index contributed by atoms with van der Waals surface area (Å²) < 4.78 is 1.97. The van der Waals surface area contributed by atoms with E-state index >= 15 is 0 Å². The van der Waals surface area contributed by atoms with Crippen molar-refractivity contribution in [2.24, 2.45) is 0 Å². The van der Waals surface area contributed by atoms with Gasteiger partial charge >= 0.3 is 5.97 Å². The molecule has 0 radical (unpaired) electrons. The molecule has 0 aliphatic carbocycles. The molecule has 0 saturated carbocycles. The Labute approximate surface area is 215 Å². The number of nitrogens with one attached hydrogen (secondary N) is 2. The number of phenols is 2. The number of hydrogen-bond acceptors (Lipinski definition) is 6. The molecule has 0 aliphatic heterocycles. The second kappa shape index (κ2) is 13.7. The van der Waals surface area contributed by atoms with E-state index in [2.05, 4.69) is 15.6 Å². The molecule has 2 aromatic carbocycles. The summed E-state index contributed by atoms with van der Waals surface area (Å²) in [6, 6.07) is 10.1. The lowest BCUT2D eigenvalue weighted by Crippen LogP contribution is -2.53. The van der Waals surface area contributed by atoms with Gasteiger partial charge < -0.3 is 30.5 Å². The van der Waals surface area contributed by atoms with Gasteiger partial charge in [0.25, 0.3) is 0 Å². The van der Waals surface area contributed by atoms with Crippen LogP contribution in [0.2, 0.25) is 0 Å². The van der Waals surface area contributed by atoms with Crippen molar-refractivity contribution in [1.82, 2.24) is 20.2 Å². The topological polar surface area (TPSA) is 154 Å². The van der Waals surface area contributed by atoms with Crippen molar-refractivity contribution >= 4 is 17.8 Å². The first-order valence-corrected chi connectivity index (χ1v) is 12.1. The largest absolute Gasteiger partial charge is 0.508 e. The van der Waals surface area contributed by atoms with Gasteiger partial charge in [0.15, 0.2) is 0 Å². The van der Waals surface area contributed by atoms with E-state index in [-0.39, 0.29) is 36.7 Å². The fraction of sp³-hybridized carbons (Fsp3) is 0.333. The molecule has 0 unspecified atom stereocenters. The molecule has 2 atom stereocenters. The number of carbonyl (C=O) groups is 3. The Morgan fingerprint density at radius 3 is 1.95 bits per heavy atom. The number of aryl methyl sites for hydroxylation is 1. The molecule has 0 fully saturated rings. The summed E-state index contributed by atoms with van der Waals surface area (Å²) in [6.07, 6.45) is 8.07. The smallest absolute Gasteiger partial charge is 0.326 e. The molecule has 3 rings (SSSR count). The summed E-state index contributed by atoms with van der Waals surface area (Å²) in [5.74, 6) is -2.00. The number of aliphatic carboxylic acids is 1. The van der Waals surface area contributed by atoms with E-state index in [1.807, 2.05) is 10.8 Å². The van der Waals surface area contributed by atoms with E-state index < -0.39 is 24.0 Å². The lowest BCUT2D eigenvalue weighted by Gasteiger charge is -2.22. The Morgan fingerprint density at radius 2 is 1.41 bits per heavy atom. The molecule has 3 aromatic rings. The molecule has 0 saturated heterocycles. The molecule has 0 aliphatic rings. The van der Waals surface area contributed by atoms with Crippen LogP contribution in [0.4, 0.5) is 0 Å². The third-order valence-electron chi connectivity index (χ3n) is 5.90. The number of imidazole rings is 1. The zero-order chi connectivity index (χ0) is 26.6. The van der Waals surface area contributed by atoms with Crippen LogP contribution in [0.1, 0.15) is 36.8 Å². The van der Waals surface area contributed by atoms with E-state index in [9.17, 15) is 29.7 Å². The van der Waals surface area contributed by atoms with Crippen LogP contribution in [0, 0.1) is 0 Å². The number of carboxylic acid groups (broad SMARTS) is 1. The van der Waals surface area contributed by atoms with Gasteiger partial charge in [-0.15, -0.1) is 0 Å². The minimum atomic E-state index is -1.22. The number of carbonyl (C=O) groups excluding carboxylic acids is 2. The van der Waals surface area contributed by atoms with Crippen LogP contribution in [0.3, 0.4) is 0 Å². The zero-order valence-electron chi connectivity index (χ0n) is 20.4. The standard InChI is InChI=1S/C27H32N4O6/c32-21-9-5-19(6-10-21)16-23(29-25(34)4-2-1-3-14-31-15-13-28-18-31)26(35)30-24(27(36)37)17-20-7-11-22(33)12-8-20/h5-13,15,18,23-24,32-33H,1-4,14,16-17H2,(H,29,34)(H,30,35)(H,36,37)/t23-,24-/m0/s1. The minimum Gasteiger partial charge on any atom is -0.508 e. The molecule has 1 aromatic heterocycles. The molecule has 5 N–H and O–H groups in total. The van der Waals surface area contributed by atoms with Crippen molar-refractivity contribution < 1.29 is 29.7 Å². The Hall–Kier alpha value is -4.34. The number of aromatic hydroxyl groups is 2. The van der Waals surface area contributed by atoms with E-state index in [1.165, 1.54) is 24.3 Å². The Morgan fingerprint density at radius 1 is 0.811 bits per heavy atom. The second-order valence-corrected chi connectivity index (χ2v) is 8.87. The van der Waals surface area contributed by atoms with Crippen molar-refractivity contribution in [3.8, 4) is 11.5 Å². The maximum atomic E-state index is 13.1. The van der Waals surface area contributed by atoms with Gasteiger partial charge in [-0.1, -0.05) is 30.7 Å². The first kappa shape index (κ1) is 27.3. The highest BCUT2D eigenvalue weighted by molar-refractivity contribution is 5.90. The fourth-order valence-corrected chi connectivity index (χ4v) is 3.86. The van der Waals surface area contributed by atoms with Gasteiger partial charge in [0.1, 0.15) is 23.6 Å². The maximum Gasteiger partial charge on any atom is 0.326 e. The Kier molecular flexibility index (Phi) is 10.1. The van der Waals surface area contributed by atoms with Gasteiger partial charge in [-0.2, -0.15) is 0 Å². The Balaban J connectivity index is 1.60. The highest BCUT2D eigenvalue weighted by atomic mass is 16.4. The fourth-order valence-electron chi connectivity index (χ4n) is 3.86. The van der Waals surface area contributed by atoms with Crippen molar-refractivity contribution in [3.05, 3.63) is 78.4 Å². The van der Waals surface area contributed by atoms with E-state index in [0.717, 1.165) is 19.4 Å². The van der Waals surface area contributed by atoms with E-state index in [1.54, 1.807) is 36.8 Å². The predicted octanol–water partition coefficient (Wildman–Crippen LogP) is 2.39. The molecule has 10 nitrogen and oxygen atoms in total. The summed E-state index contributed by atoms with van der Waals surface area (Å²) in [7, 11) is 0. The molecule has 1 heterocycles. The summed E-state index contributed by atoms with van der Waals surface area (Å²) in [5.41, 5.74) is 1.32. The highest BCUT2D eigenvalue weighted by Crippen LogP contribution is 2.14. The van der Waals surface area contributed by atoms with Crippen molar-refractivity contribution in [1.29, 1.82) is 0 Å². The normalized spacial score (nSPS) is 12.4. The number of phenolic OH excluding ortho intramolecular Hbond substituents is 2. The van der Waals surface area contributed by atoms with Crippen LogP contribution < -0.4 is 10.6 Å². The number of benzene rings is 2. The third-order valence-corrected chi connectivity index (χ3v) is 5.90. The molecular formula is C27H32N4O6. The van der Waals surface area contributed by atoms with Crippen LogP contribution >= 0.6 is 0 Å². The van der Waals surface area contributed by atoms with Crippen LogP contribution in [0.25, 0.3) is 0 Å². The number of hydrogen-bond donors (Lipinski definition) is 5. The molecule has 2 amide bonds. The predicted molar refractivity (Wildman–Crippen MR) is 136 cm³/mol. The van der Waals surface area contributed by atoms with Gasteiger partial charge in [0.2, 0.25) is 11.8 Å². The first-order chi connectivity index (χ1) is 17.8. The average molecular weight is 509 g/mol. The SMILES string of the molecule is O=C(CCCCCn1ccnc1)N[C@@H](Cc1ccc(O)cc1)C(=O)N[C@@H](Cc1ccc(O)cc1)C(=O)O. The Bertz CT molecular complexity index is 1150. The minimum absolute atomic E-state index is 0.0120. The zero-order valence-corrected chi connectivity index (χ0v) is 20.4. The first-order valence-electron chi connectivity index (χ1n) is 12.1. The average Bonchev–Trinajstić information content (AvgIpc) is 3.39. The van der Waals surface area contributed by atoms with Gasteiger partial charge in [-0.3, -0.25) is 9.59 Å². The molecule has 196 valence electrons. The quantitative estimate of drug-likeness (QED) is 0.210. The lowest BCUT2D eigenvalue weighted by atomic mass is 10.0. The van der Waals surface area contributed by atoms with Crippen LogP contribution in [0.5, 0.6) is 11.5 Å². The van der Waals surface area contributed by atoms with Crippen molar-refractivity contribution in [3.63, 3.8) is 0 Å². The molecule has 0 bridgehead atoms. The second-order valence-electron chi connectivity index (χ2n) is 8.87. The number of aromatic nitrogens is 2. The molecular weight excluding hydrogens is 476 g/mol. The van der Waals surface area contributed by atoms with Gasteiger partial charge in [-0.05, 0) is 48.2 Å². The van der Waals surface area contributed by atoms with E-state index in [4.69, 9.17) is 0 Å². The molecule has 0 spiro atoms. The van der Waals surface area contributed by atoms with Crippen molar-refractivity contribution in [2.75, 3.05) is 0 Å². The highest BCUT2D eigenvalue weighted by Gasteiger charge is 2.27. The molecule has 37 heavy (non-hydrogen) atoms. The number of rotatable bonds is 14. The summed E-state index contributed by atoms with van der Waals surface area (Å²) >= 11 is 0. The number of nitrogens with zero attached hydrogens (tertiary/aromatic N) is 2. The van der Waals surface area contributed by atoms with Crippen LogP contribution in [0.15, 0.2) is 67.3 Å². The van der Waals surface area contributed by atoms with Crippen LogP contribution in [-0.4, -0.2) is 54.7 Å². The monoisotopic (exact) mass is 508 g/mol. The molecule has 10 heteroatoms. The maximum absolute atomic E-state index is 13.1.